The van der Waals surface area contributed by atoms with E-state index in [2.05, 4.69) is 20.3 Å². The van der Waals surface area contributed by atoms with Crippen molar-refractivity contribution in [3.63, 3.8) is 0 Å². The van der Waals surface area contributed by atoms with Gasteiger partial charge in [0, 0.05) is 25.4 Å². The van der Waals surface area contributed by atoms with Crippen LogP contribution in [0.25, 0.3) is 0 Å². The van der Waals surface area contributed by atoms with E-state index in [1.807, 2.05) is 23.1 Å². The number of nitrogens with zero attached hydrogens (tertiary/aromatic N) is 4. The van der Waals surface area contributed by atoms with Gasteiger partial charge < -0.3 is 10.2 Å². The van der Waals surface area contributed by atoms with E-state index in [0.29, 0.717) is 18.1 Å². The minimum absolute atomic E-state index is 0.0111. The van der Waals surface area contributed by atoms with Crippen LogP contribution in [0.15, 0.2) is 36.8 Å². The molecule has 0 aliphatic carbocycles. The van der Waals surface area contributed by atoms with Gasteiger partial charge in [0.25, 0.3) is 5.91 Å². The monoisotopic (exact) mass is 297 g/mol. The lowest BCUT2D eigenvalue weighted by Gasteiger charge is -2.26. The Morgan fingerprint density at radius 2 is 2.00 bits per heavy atom. The second-order valence-electron chi connectivity index (χ2n) is 5.32. The predicted octanol–water partition coefficient (Wildman–Crippen LogP) is 2.11. The first-order valence-corrected chi connectivity index (χ1v) is 7.58. The number of carbonyl (C=O) groups excluding carboxylic acids is 1. The van der Waals surface area contributed by atoms with Crippen molar-refractivity contribution in [2.75, 3.05) is 18.4 Å². The SMILES string of the molecule is O=C(c1cc(NCc2ccccn2)ncn1)N1CCCCC1. The summed E-state index contributed by atoms with van der Waals surface area (Å²) >= 11 is 0. The second-order valence-corrected chi connectivity index (χ2v) is 5.32. The van der Waals surface area contributed by atoms with Crippen LogP contribution >= 0.6 is 0 Å². The molecule has 0 spiro atoms. The molecule has 3 rings (SSSR count). The van der Waals surface area contributed by atoms with E-state index < -0.39 is 0 Å². The molecule has 0 unspecified atom stereocenters. The fourth-order valence-electron chi connectivity index (χ4n) is 2.51. The quantitative estimate of drug-likeness (QED) is 0.936. The van der Waals surface area contributed by atoms with Gasteiger partial charge in [0.15, 0.2) is 0 Å². The van der Waals surface area contributed by atoms with Gasteiger partial charge in [0.1, 0.15) is 17.8 Å². The number of hydrogen-bond donors (Lipinski definition) is 1. The average molecular weight is 297 g/mol. The van der Waals surface area contributed by atoms with Crippen molar-refractivity contribution < 1.29 is 4.79 Å². The van der Waals surface area contributed by atoms with Crippen LogP contribution < -0.4 is 5.32 Å². The number of amides is 1. The van der Waals surface area contributed by atoms with Crippen molar-refractivity contribution in [1.29, 1.82) is 0 Å². The molecular weight excluding hydrogens is 278 g/mol. The maximum Gasteiger partial charge on any atom is 0.272 e. The maximum absolute atomic E-state index is 12.4. The number of likely N-dealkylation sites (tertiary alicyclic amines) is 1. The van der Waals surface area contributed by atoms with Crippen LogP contribution in [0.4, 0.5) is 5.82 Å². The molecule has 3 heterocycles. The molecule has 2 aromatic rings. The largest absolute Gasteiger partial charge is 0.364 e. The molecule has 1 aliphatic rings. The highest BCUT2D eigenvalue weighted by atomic mass is 16.2. The number of anilines is 1. The molecule has 114 valence electrons. The minimum Gasteiger partial charge on any atom is -0.364 e. The fraction of sp³-hybridized carbons (Fsp3) is 0.375. The minimum atomic E-state index is -0.0111. The Labute approximate surface area is 129 Å². The third-order valence-electron chi connectivity index (χ3n) is 3.71. The molecule has 0 aromatic carbocycles. The number of carbonyl (C=O) groups is 1. The Kier molecular flexibility index (Phi) is 4.58. The number of pyridine rings is 1. The summed E-state index contributed by atoms with van der Waals surface area (Å²) < 4.78 is 0. The lowest BCUT2D eigenvalue weighted by molar-refractivity contribution is 0.0718. The molecular formula is C16H19N5O. The smallest absolute Gasteiger partial charge is 0.272 e. The zero-order valence-electron chi connectivity index (χ0n) is 12.4. The van der Waals surface area contributed by atoms with E-state index in [9.17, 15) is 4.79 Å². The van der Waals surface area contributed by atoms with Crippen molar-refractivity contribution in [3.05, 3.63) is 48.2 Å². The summed E-state index contributed by atoms with van der Waals surface area (Å²) in [5.74, 6) is 0.629. The van der Waals surface area contributed by atoms with E-state index in [0.717, 1.165) is 31.6 Å². The summed E-state index contributed by atoms with van der Waals surface area (Å²) in [6.45, 7) is 2.20. The normalized spacial score (nSPS) is 14.6. The van der Waals surface area contributed by atoms with Gasteiger partial charge >= 0.3 is 0 Å². The molecule has 1 amide bonds. The summed E-state index contributed by atoms with van der Waals surface area (Å²) in [5, 5.41) is 3.17. The first-order chi connectivity index (χ1) is 10.8. The maximum atomic E-state index is 12.4. The third kappa shape index (κ3) is 3.58. The van der Waals surface area contributed by atoms with Gasteiger partial charge in [-0.1, -0.05) is 6.07 Å². The number of piperidine rings is 1. The van der Waals surface area contributed by atoms with E-state index in [-0.39, 0.29) is 5.91 Å². The van der Waals surface area contributed by atoms with Crippen molar-refractivity contribution in [2.45, 2.75) is 25.8 Å². The Morgan fingerprint density at radius 3 is 2.77 bits per heavy atom. The number of hydrogen-bond acceptors (Lipinski definition) is 5. The summed E-state index contributed by atoms with van der Waals surface area (Å²) in [4.78, 5) is 26.8. The highest BCUT2D eigenvalue weighted by Crippen LogP contribution is 2.13. The van der Waals surface area contributed by atoms with Gasteiger partial charge in [-0.2, -0.15) is 0 Å². The van der Waals surface area contributed by atoms with Gasteiger partial charge in [-0.15, -0.1) is 0 Å². The summed E-state index contributed by atoms with van der Waals surface area (Å²) in [6, 6.07) is 7.47. The molecule has 2 aromatic heterocycles. The van der Waals surface area contributed by atoms with Gasteiger partial charge in [-0.3, -0.25) is 9.78 Å². The molecule has 0 saturated carbocycles. The molecule has 22 heavy (non-hydrogen) atoms. The molecule has 6 nitrogen and oxygen atoms in total. The standard InChI is InChI=1S/C16H19N5O/c22-16(21-8-4-1-5-9-21)14-10-15(20-12-19-14)18-11-13-6-2-3-7-17-13/h2-3,6-7,10,12H,1,4-5,8-9,11H2,(H,18,19,20). The second kappa shape index (κ2) is 6.98. The van der Waals surface area contributed by atoms with Crippen molar-refractivity contribution in [1.82, 2.24) is 19.9 Å². The lowest BCUT2D eigenvalue weighted by atomic mass is 10.1. The van der Waals surface area contributed by atoms with Crippen LogP contribution in [0.5, 0.6) is 0 Å². The molecule has 0 atom stereocenters. The van der Waals surface area contributed by atoms with Gasteiger partial charge in [0.2, 0.25) is 0 Å². The first-order valence-electron chi connectivity index (χ1n) is 7.58. The molecule has 1 N–H and O–H groups in total. The average Bonchev–Trinajstić information content (AvgIpc) is 2.61. The molecule has 1 aliphatic heterocycles. The number of rotatable bonds is 4. The fourth-order valence-corrected chi connectivity index (χ4v) is 2.51. The predicted molar refractivity (Wildman–Crippen MR) is 83.4 cm³/mol. The van der Waals surface area contributed by atoms with Crippen molar-refractivity contribution in [2.24, 2.45) is 0 Å². The Balaban J connectivity index is 1.65. The highest BCUT2D eigenvalue weighted by Gasteiger charge is 2.19. The zero-order chi connectivity index (χ0) is 15.2. The van der Waals surface area contributed by atoms with Crippen molar-refractivity contribution in [3.8, 4) is 0 Å². The Bertz CT molecular complexity index is 625. The summed E-state index contributed by atoms with van der Waals surface area (Å²) in [7, 11) is 0. The molecule has 6 heteroatoms. The lowest BCUT2D eigenvalue weighted by Crippen LogP contribution is -2.36. The Morgan fingerprint density at radius 1 is 1.14 bits per heavy atom. The van der Waals surface area contributed by atoms with Gasteiger partial charge in [0.05, 0.1) is 12.2 Å². The first kappa shape index (κ1) is 14.4. The van der Waals surface area contributed by atoms with Crippen LogP contribution in [-0.4, -0.2) is 38.8 Å². The van der Waals surface area contributed by atoms with Crippen LogP contribution in [0.1, 0.15) is 35.4 Å². The van der Waals surface area contributed by atoms with Crippen LogP contribution in [0, 0.1) is 0 Å². The van der Waals surface area contributed by atoms with Gasteiger partial charge in [-0.05, 0) is 31.4 Å². The van der Waals surface area contributed by atoms with Gasteiger partial charge in [-0.25, -0.2) is 9.97 Å². The third-order valence-corrected chi connectivity index (χ3v) is 3.71. The Hall–Kier alpha value is -2.50. The van der Waals surface area contributed by atoms with Crippen LogP contribution in [0.2, 0.25) is 0 Å². The zero-order valence-corrected chi connectivity index (χ0v) is 12.4. The van der Waals surface area contributed by atoms with E-state index in [4.69, 9.17) is 0 Å². The van der Waals surface area contributed by atoms with Crippen LogP contribution in [0.3, 0.4) is 0 Å². The van der Waals surface area contributed by atoms with E-state index in [1.54, 1.807) is 12.3 Å². The van der Waals surface area contributed by atoms with Crippen molar-refractivity contribution >= 4 is 11.7 Å². The van der Waals surface area contributed by atoms with Crippen LogP contribution in [-0.2, 0) is 6.54 Å². The molecule has 0 bridgehead atoms. The molecule has 1 saturated heterocycles. The summed E-state index contributed by atoms with van der Waals surface area (Å²) in [6.07, 6.45) is 6.52. The highest BCUT2D eigenvalue weighted by molar-refractivity contribution is 5.92. The number of nitrogens with one attached hydrogen (secondary N) is 1. The topological polar surface area (TPSA) is 71.0 Å². The van der Waals surface area contributed by atoms with E-state index in [1.165, 1.54) is 12.7 Å². The van der Waals surface area contributed by atoms with E-state index >= 15 is 0 Å². The molecule has 0 radical (unpaired) electrons. The molecule has 1 fully saturated rings. The number of aromatic nitrogens is 3. The summed E-state index contributed by atoms with van der Waals surface area (Å²) in [5.41, 5.74) is 1.37.